The second-order valence-electron chi connectivity index (χ2n) is 4.58. The lowest BCUT2D eigenvalue weighted by Crippen LogP contribution is -2.44. The van der Waals surface area contributed by atoms with Crippen LogP contribution < -0.4 is 10.6 Å². The van der Waals surface area contributed by atoms with Crippen LogP contribution in [0.25, 0.3) is 0 Å². The van der Waals surface area contributed by atoms with Gasteiger partial charge >= 0.3 is 0 Å². The number of aromatic nitrogens is 2. The van der Waals surface area contributed by atoms with Gasteiger partial charge < -0.3 is 15.2 Å². The molecule has 1 atom stereocenters. The molecule has 1 aromatic rings. The average Bonchev–Trinajstić information content (AvgIpc) is 2.65. The van der Waals surface area contributed by atoms with Gasteiger partial charge in [-0.2, -0.15) is 0 Å². The molecule has 4 heteroatoms. The molecule has 0 saturated carbocycles. The van der Waals surface area contributed by atoms with Crippen molar-refractivity contribution < 1.29 is 0 Å². The summed E-state index contributed by atoms with van der Waals surface area (Å²) in [4.78, 5) is 6.73. The molecule has 0 unspecified atom stereocenters. The normalized spacial score (nSPS) is 22.4. The lowest BCUT2D eigenvalue weighted by molar-refractivity contribution is 0.485. The topological polar surface area (TPSA) is 47.1 Å². The zero-order valence-electron chi connectivity index (χ0n) is 9.56. The minimum Gasteiger partial charge on any atom is -0.341 e. The highest BCUT2D eigenvalue weighted by Crippen LogP contribution is 2.20. The summed E-state index contributed by atoms with van der Waals surface area (Å²) in [5, 5.41) is 0. The van der Waals surface area contributed by atoms with Gasteiger partial charge in [0.2, 0.25) is 5.95 Å². The van der Waals surface area contributed by atoms with Crippen molar-refractivity contribution in [2.45, 2.75) is 38.8 Å². The van der Waals surface area contributed by atoms with E-state index in [2.05, 4.69) is 28.3 Å². The maximum atomic E-state index is 5.98. The third kappa shape index (κ3) is 2.15. The van der Waals surface area contributed by atoms with Crippen molar-refractivity contribution in [3.63, 3.8) is 0 Å². The Morgan fingerprint density at radius 1 is 1.53 bits per heavy atom. The lowest BCUT2D eigenvalue weighted by Gasteiger charge is -2.32. The van der Waals surface area contributed by atoms with Gasteiger partial charge in [-0.15, -0.1) is 0 Å². The number of hydrogen-bond donors (Lipinski definition) is 1. The third-order valence-corrected chi connectivity index (χ3v) is 2.95. The van der Waals surface area contributed by atoms with E-state index in [1.54, 1.807) is 0 Å². The molecule has 0 aliphatic carbocycles. The van der Waals surface area contributed by atoms with Crippen LogP contribution in [0.15, 0.2) is 12.4 Å². The van der Waals surface area contributed by atoms with Crippen LogP contribution in [0.5, 0.6) is 0 Å². The fraction of sp³-hybridized carbons (Fsp3) is 0.727. The SMILES string of the molecule is CC(C)n1ccnc1N1CCC[C@@H](N)C1. The highest BCUT2D eigenvalue weighted by atomic mass is 15.3. The maximum absolute atomic E-state index is 5.98. The van der Waals surface area contributed by atoms with Crippen LogP contribution in [-0.2, 0) is 0 Å². The van der Waals surface area contributed by atoms with Crippen molar-refractivity contribution in [1.29, 1.82) is 0 Å². The van der Waals surface area contributed by atoms with E-state index in [-0.39, 0.29) is 0 Å². The Bertz CT molecular complexity index is 318. The largest absolute Gasteiger partial charge is 0.341 e. The average molecular weight is 208 g/mol. The van der Waals surface area contributed by atoms with Gasteiger partial charge in [0.25, 0.3) is 0 Å². The number of nitrogens with zero attached hydrogens (tertiary/aromatic N) is 3. The predicted octanol–water partition coefficient (Wildman–Crippen LogP) is 1.39. The first-order chi connectivity index (χ1) is 7.18. The summed E-state index contributed by atoms with van der Waals surface area (Å²) in [5.41, 5.74) is 5.98. The fourth-order valence-electron chi connectivity index (χ4n) is 2.14. The van der Waals surface area contributed by atoms with Crippen molar-refractivity contribution in [3.05, 3.63) is 12.4 Å². The Hall–Kier alpha value is -1.03. The van der Waals surface area contributed by atoms with E-state index in [0.717, 1.165) is 25.5 Å². The second-order valence-corrected chi connectivity index (χ2v) is 4.58. The summed E-state index contributed by atoms with van der Waals surface area (Å²) in [7, 11) is 0. The van der Waals surface area contributed by atoms with Crippen molar-refractivity contribution in [3.8, 4) is 0 Å². The van der Waals surface area contributed by atoms with Crippen molar-refractivity contribution in [2.75, 3.05) is 18.0 Å². The quantitative estimate of drug-likeness (QED) is 0.799. The molecule has 1 aliphatic heterocycles. The van der Waals surface area contributed by atoms with Crippen LogP contribution in [0.1, 0.15) is 32.7 Å². The molecule has 1 aliphatic rings. The fourth-order valence-corrected chi connectivity index (χ4v) is 2.14. The minimum atomic E-state index is 0.302. The molecular weight excluding hydrogens is 188 g/mol. The lowest BCUT2D eigenvalue weighted by atomic mass is 10.1. The molecule has 1 fully saturated rings. The first kappa shape index (κ1) is 10.5. The van der Waals surface area contributed by atoms with Crippen LogP contribution >= 0.6 is 0 Å². The minimum absolute atomic E-state index is 0.302. The number of piperidine rings is 1. The van der Waals surface area contributed by atoms with Crippen LogP contribution in [-0.4, -0.2) is 28.7 Å². The van der Waals surface area contributed by atoms with Gasteiger partial charge in [0.05, 0.1) is 0 Å². The molecule has 2 N–H and O–H groups in total. The van der Waals surface area contributed by atoms with Crippen LogP contribution in [0, 0.1) is 0 Å². The summed E-state index contributed by atoms with van der Waals surface area (Å²) in [6.07, 6.45) is 6.22. The Kier molecular flexibility index (Phi) is 2.95. The second kappa shape index (κ2) is 4.23. The summed E-state index contributed by atoms with van der Waals surface area (Å²) in [6.45, 7) is 6.37. The zero-order valence-corrected chi connectivity index (χ0v) is 9.56. The van der Waals surface area contributed by atoms with Crippen molar-refractivity contribution >= 4 is 5.95 Å². The number of anilines is 1. The van der Waals surface area contributed by atoms with Gasteiger partial charge in [0.1, 0.15) is 0 Å². The molecule has 84 valence electrons. The first-order valence-corrected chi connectivity index (χ1v) is 5.72. The molecule has 0 bridgehead atoms. The molecule has 15 heavy (non-hydrogen) atoms. The number of imidazole rings is 1. The summed E-state index contributed by atoms with van der Waals surface area (Å²) in [6, 6.07) is 0.761. The van der Waals surface area contributed by atoms with Gasteiger partial charge in [-0.25, -0.2) is 4.98 Å². The van der Waals surface area contributed by atoms with Gasteiger partial charge in [-0.1, -0.05) is 0 Å². The summed E-state index contributed by atoms with van der Waals surface area (Å²) < 4.78 is 2.21. The third-order valence-electron chi connectivity index (χ3n) is 2.95. The van der Waals surface area contributed by atoms with E-state index in [1.165, 1.54) is 6.42 Å². The molecule has 1 saturated heterocycles. The number of rotatable bonds is 2. The van der Waals surface area contributed by atoms with E-state index in [4.69, 9.17) is 5.73 Å². The van der Waals surface area contributed by atoms with Crippen molar-refractivity contribution in [2.24, 2.45) is 5.73 Å². The van der Waals surface area contributed by atoms with Gasteiger partial charge in [0, 0.05) is 37.6 Å². The molecule has 4 nitrogen and oxygen atoms in total. The Labute approximate surface area is 91.1 Å². The zero-order chi connectivity index (χ0) is 10.8. The highest BCUT2D eigenvalue weighted by Gasteiger charge is 2.20. The first-order valence-electron chi connectivity index (χ1n) is 5.72. The van der Waals surface area contributed by atoms with E-state index < -0.39 is 0 Å². The summed E-state index contributed by atoms with van der Waals surface area (Å²) in [5.74, 6) is 1.07. The molecule has 0 aromatic carbocycles. The van der Waals surface area contributed by atoms with E-state index in [1.807, 2.05) is 12.4 Å². The van der Waals surface area contributed by atoms with Crippen LogP contribution in [0.4, 0.5) is 5.95 Å². The van der Waals surface area contributed by atoms with Gasteiger partial charge in [-0.3, -0.25) is 0 Å². The smallest absolute Gasteiger partial charge is 0.205 e. The maximum Gasteiger partial charge on any atom is 0.205 e. The van der Waals surface area contributed by atoms with E-state index in [9.17, 15) is 0 Å². The van der Waals surface area contributed by atoms with E-state index in [0.29, 0.717) is 12.1 Å². The van der Waals surface area contributed by atoms with Crippen LogP contribution in [0.3, 0.4) is 0 Å². The molecule has 2 rings (SSSR count). The van der Waals surface area contributed by atoms with Gasteiger partial charge in [0.15, 0.2) is 0 Å². The Morgan fingerprint density at radius 3 is 3.00 bits per heavy atom. The number of nitrogens with two attached hydrogens (primary N) is 1. The molecular formula is C11H20N4. The van der Waals surface area contributed by atoms with Gasteiger partial charge in [-0.05, 0) is 26.7 Å². The predicted molar refractivity (Wildman–Crippen MR) is 62.0 cm³/mol. The molecule has 0 amide bonds. The molecule has 0 radical (unpaired) electrons. The molecule has 0 spiro atoms. The Balaban J connectivity index is 2.17. The number of hydrogen-bond acceptors (Lipinski definition) is 3. The monoisotopic (exact) mass is 208 g/mol. The standard InChI is InChI=1S/C11H20N4/c1-9(2)15-7-5-13-11(15)14-6-3-4-10(12)8-14/h5,7,9-10H,3-4,6,8,12H2,1-2H3/t10-/m1/s1. The Morgan fingerprint density at radius 2 is 2.33 bits per heavy atom. The van der Waals surface area contributed by atoms with Crippen LogP contribution in [0.2, 0.25) is 0 Å². The highest BCUT2D eigenvalue weighted by molar-refractivity contribution is 5.33. The summed E-state index contributed by atoms with van der Waals surface area (Å²) >= 11 is 0. The molecule has 2 heterocycles. The van der Waals surface area contributed by atoms with E-state index >= 15 is 0 Å². The molecule has 1 aromatic heterocycles. The van der Waals surface area contributed by atoms with Crippen molar-refractivity contribution in [1.82, 2.24) is 9.55 Å².